The molecule has 1 aliphatic heterocycles. The number of piperidine rings is 1. The molecule has 2 heterocycles. The van der Waals surface area contributed by atoms with Crippen molar-refractivity contribution in [1.29, 1.82) is 0 Å². The van der Waals surface area contributed by atoms with Gasteiger partial charge in [0.2, 0.25) is 0 Å². The summed E-state index contributed by atoms with van der Waals surface area (Å²) in [6.07, 6.45) is 6.91. The largest absolute Gasteiger partial charge is 0.306 e. The predicted octanol–water partition coefficient (Wildman–Crippen LogP) is 1.32. The first kappa shape index (κ1) is 9.66. The smallest absolute Gasteiger partial charge is 0.168 e. The molecule has 0 spiro atoms. The van der Waals surface area contributed by atoms with Crippen molar-refractivity contribution >= 4 is 0 Å². The van der Waals surface area contributed by atoms with Crippen LogP contribution < -0.4 is 4.57 Å². The van der Waals surface area contributed by atoms with Gasteiger partial charge in [-0.2, -0.15) is 0 Å². The summed E-state index contributed by atoms with van der Waals surface area (Å²) >= 11 is 0. The zero-order valence-electron chi connectivity index (χ0n) is 9.11. The molecule has 0 N–H and O–H groups in total. The van der Waals surface area contributed by atoms with Crippen molar-refractivity contribution in [2.24, 2.45) is 7.05 Å². The highest BCUT2D eigenvalue weighted by Crippen LogP contribution is 2.26. The minimum atomic E-state index is 0.785. The van der Waals surface area contributed by atoms with E-state index >= 15 is 0 Å². The van der Waals surface area contributed by atoms with Crippen LogP contribution in [0.15, 0.2) is 24.5 Å². The van der Waals surface area contributed by atoms with Gasteiger partial charge in [-0.05, 0) is 44.5 Å². The Morgan fingerprint density at radius 2 is 1.79 bits per heavy atom. The van der Waals surface area contributed by atoms with E-state index in [-0.39, 0.29) is 0 Å². The van der Waals surface area contributed by atoms with Crippen molar-refractivity contribution in [3.05, 3.63) is 30.1 Å². The second-order valence-electron chi connectivity index (χ2n) is 4.37. The van der Waals surface area contributed by atoms with Gasteiger partial charge in [-0.25, -0.2) is 4.57 Å². The lowest BCUT2D eigenvalue weighted by molar-refractivity contribution is -0.671. The monoisotopic (exact) mass is 191 g/mol. The third-order valence-corrected chi connectivity index (χ3v) is 3.19. The van der Waals surface area contributed by atoms with E-state index in [9.17, 15) is 0 Å². The fourth-order valence-corrected chi connectivity index (χ4v) is 2.13. The van der Waals surface area contributed by atoms with Gasteiger partial charge < -0.3 is 4.90 Å². The number of rotatable bonds is 1. The van der Waals surface area contributed by atoms with Gasteiger partial charge in [0, 0.05) is 12.1 Å². The van der Waals surface area contributed by atoms with Crippen LogP contribution in [0.25, 0.3) is 0 Å². The number of hydrogen-bond donors (Lipinski definition) is 0. The lowest BCUT2D eigenvalue weighted by Crippen LogP contribution is -2.30. The molecule has 1 aliphatic rings. The van der Waals surface area contributed by atoms with E-state index in [0.717, 1.165) is 5.92 Å². The summed E-state index contributed by atoms with van der Waals surface area (Å²) < 4.78 is 2.10. The SMILES string of the molecule is CN1CCC(c2cc[n+](C)cc2)CC1. The molecule has 0 aliphatic carbocycles. The topological polar surface area (TPSA) is 7.12 Å². The Kier molecular flexibility index (Phi) is 2.82. The van der Waals surface area contributed by atoms with E-state index in [1.807, 2.05) is 0 Å². The molecule has 0 atom stereocenters. The molecule has 1 saturated heterocycles. The van der Waals surface area contributed by atoms with Gasteiger partial charge in [0.15, 0.2) is 12.4 Å². The normalized spacial score (nSPS) is 19.9. The van der Waals surface area contributed by atoms with Crippen molar-refractivity contribution in [2.45, 2.75) is 18.8 Å². The maximum absolute atomic E-state index is 2.42. The highest BCUT2D eigenvalue weighted by Gasteiger charge is 2.18. The van der Waals surface area contributed by atoms with Crippen LogP contribution in [0.5, 0.6) is 0 Å². The van der Waals surface area contributed by atoms with Crippen molar-refractivity contribution in [1.82, 2.24) is 4.90 Å². The Labute approximate surface area is 86.2 Å². The van der Waals surface area contributed by atoms with E-state index in [4.69, 9.17) is 0 Å². The fraction of sp³-hybridized carbons (Fsp3) is 0.583. The van der Waals surface area contributed by atoms with Crippen molar-refractivity contribution in [3.63, 3.8) is 0 Å². The van der Waals surface area contributed by atoms with E-state index in [1.165, 1.54) is 31.5 Å². The van der Waals surface area contributed by atoms with Gasteiger partial charge in [0.25, 0.3) is 0 Å². The Morgan fingerprint density at radius 3 is 2.36 bits per heavy atom. The van der Waals surface area contributed by atoms with Gasteiger partial charge in [-0.15, -0.1) is 0 Å². The van der Waals surface area contributed by atoms with Crippen LogP contribution in [0, 0.1) is 0 Å². The van der Waals surface area contributed by atoms with E-state index in [0.29, 0.717) is 0 Å². The number of nitrogens with zero attached hydrogens (tertiary/aromatic N) is 2. The number of pyridine rings is 1. The molecule has 0 saturated carbocycles. The first-order chi connectivity index (χ1) is 6.75. The molecule has 1 aromatic heterocycles. The third-order valence-electron chi connectivity index (χ3n) is 3.19. The van der Waals surface area contributed by atoms with Gasteiger partial charge in [0.1, 0.15) is 7.05 Å². The lowest BCUT2D eigenvalue weighted by atomic mass is 9.90. The molecule has 0 amide bonds. The maximum atomic E-state index is 2.42. The highest BCUT2D eigenvalue weighted by atomic mass is 15.1. The van der Waals surface area contributed by atoms with Gasteiger partial charge in [0.05, 0.1) is 0 Å². The third kappa shape index (κ3) is 2.13. The maximum Gasteiger partial charge on any atom is 0.168 e. The summed E-state index contributed by atoms with van der Waals surface area (Å²) in [5.41, 5.74) is 1.51. The van der Waals surface area contributed by atoms with E-state index < -0.39 is 0 Å². The Hall–Kier alpha value is -0.890. The van der Waals surface area contributed by atoms with Crippen molar-refractivity contribution in [3.8, 4) is 0 Å². The zero-order valence-corrected chi connectivity index (χ0v) is 9.11. The van der Waals surface area contributed by atoms with Crippen LogP contribution in [0.4, 0.5) is 0 Å². The average molecular weight is 191 g/mol. The van der Waals surface area contributed by atoms with Gasteiger partial charge in [-0.3, -0.25) is 0 Å². The molecule has 0 aromatic carbocycles. The van der Waals surface area contributed by atoms with Crippen molar-refractivity contribution in [2.75, 3.05) is 20.1 Å². The highest BCUT2D eigenvalue weighted by molar-refractivity contribution is 5.14. The van der Waals surface area contributed by atoms with Gasteiger partial charge in [-0.1, -0.05) is 0 Å². The Morgan fingerprint density at radius 1 is 1.21 bits per heavy atom. The summed E-state index contributed by atoms with van der Waals surface area (Å²) in [5, 5.41) is 0. The number of likely N-dealkylation sites (tertiary alicyclic amines) is 1. The van der Waals surface area contributed by atoms with E-state index in [2.05, 4.69) is 48.1 Å². The average Bonchev–Trinajstić information content (AvgIpc) is 2.21. The first-order valence-electron chi connectivity index (χ1n) is 5.39. The molecule has 0 radical (unpaired) electrons. The number of aryl methyl sites for hydroxylation is 1. The van der Waals surface area contributed by atoms with Crippen molar-refractivity contribution < 1.29 is 4.57 Å². The molecular formula is C12H19N2+. The summed E-state index contributed by atoms with van der Waals surface area (Å²) in [4.78, 5) is 2.42. The van der Waals surface area contributed by atoms with Crippen LogP contribution >= 0.6 is 0 Å². The van der Waals surface area contributed by atoms with Crippen LogP contribution in [0.1, 0.15) is 24.3 Å². The molecule has 2 nitrogen and oxygen atoms in total. The molecule has 2 rings (SSSR count). The predicted molar refractivity (Wildman–Crippen MR) is 57.1 cm³/mol. The molecule has 1 aromatic rings. The summed E-state index contributed by atoms with van der Waals surface area (Å²) in [7, 11) is 4.28. The molecular weight excluding hydrogens is 172 g/mol. The number of aromatic nitrogens is 1. The number of hydrogen-bond acceptors (Lipinski definition) is 1. The lowest BCUT2D eigenvalue weighted by Gasteiger charge is -2.28. The van der Waals surface area contributed by atoms with Crippen LogP contribution in [-0.2, 0) is 7.05 Å². The molecule has 2 heteroatoms. The second-order valence-corrected chi connectivity index (χ2v) is 4.37. The van der Waals surface area contributed by atoms with Gasteiger partial charge >= 0.3 is 0 Å². The van der Waals surface area contributed by atoms with Crippen LogP contribution in [0.2, 0.25) is 0 Å². The Balaban J connectivity index is 2.05. The Bertz CT molecular complexity index is 284. The summed E-state index contributed by atoms with van der Waals surface area (Å²) in [6, 6.07) is 4.52. The van der Waals surface area contributed by atoms with Crippen LogP contribution in [0.3, 0.4) is 0 Å². The second kappa shape index (κ2) is 4.09. The minimum Gasteiger partial charge on any atom is -0.306 e. The molecule has 0 bridgehead atoms. The summed E-state index contributed by atoms with van der Waals surface area (Å²) in [5.74, 6) is 0.785. The minimum absolute atomic E-state index is 0.785. The van der Waals surface area contributed by atoms with Crippen LogP contribution in [-0.4, -0.2) is 25.0 Å². The standard InChI is InChI=1S/C12H19N2/c1-13-7-3-11(4-8-13)12-5-9-14(2)10-6-12/h3-4,7-8,12H,5-6,9-10H2,1-2H3/q+1. The van der Waals surface area contributed by atoms with E-state index in [1.54, 1.807) is 0 Å². The summed E-state index contributed by atoms with van der Waals surface area (Å²) in [6.45, 7) is 2.48. The zero-order chi connectivity index (χ0) is 9.97. The fourth-order valence-electron chi connectivity index (χ4n) is 2.13. The molecule has 0 unspecified atom stereocenters. The molecule has 1 fully saturated rings. The first-order valence-corrected chi connectivity index (χ1v) is 5.39. The quantitative estimate of drug-likeness (QED) is 0.607. The molecule has 76 valence electrons. The molecule has 14 heavy (non-hydrogen) atoms.